The van der Waals surface area contributed by atoms with Crippen molar-refractivity contribution < 1.29 is 9.18 Å². The highest BCUT2D eigenvalue weighted by Gasteiger charge is 2.05. The number of amides is 2. The Labute approximate surface area is 138 Å². The van der Waals surface area contributed by atoms with E-state index in [1.54, 1.807) is 17.4 Å². The second kappa shape index (κ2) is 7.24. The van der Waals surface area contributed by atoms with Crippen LogP contribution in [-0.2, 0) is 13.0 Å². The van der Waals surface area contributed by atoms with Crippen molar-refractivity contribution in [3.05, 3.63) is 70.9 Å². The number of benzene rings is 2. The van der Waals surface area contributed by atoms with Crippen molar-refractivity contribution in [3.63, 3.8) is 0 Å². The summed E-state index contributed by atoms with van der Waals surface area (Å²) in [5, 5.41) is 8.89. The summed E-state index contributed by atoms with van der Waals surface area (Å²) < 4.78 is 14.3. The molecule has 1 heterocycles. The number of urea groups is 1. The molecular formula is C18H17FN2OS. The summed E-state index contributed by atoms with van der Waals surface area (Å²) >= 11 is 1.67. The van der Waals surface area contributed by atoms with Crippen molar-refractivity contribution in [1.29, 1.82) is 0 Å². The molecule has 0 saturated carbocycles. The lowest BCUT2D eigenvalue weighted by Crippen LogP contribution is -2.36. The normalized spacial score (nSPS) is 10.7. The molecule has 0 fully saturated rings. The minimum atomic E-state index is -0.253. The van der Waals surface area contributed by atoms with Crippen molar-refractivity contribution in [2.24, 2.45) is 0 Å². The van der Waals surface area contributed by atoms with Gasteiger partial charge in [-0.2, -0.15) is 0 Å². The lowest BCUT2D eigenvalue weighted by molar-refractivity contribution is 0.240. The summed E-state index contributed by atoms with van der Waals surface area (Å²) in [5.74, 6) is -0.253. The number of hydrogen-bond donors (Lipinski definition) is 2. The van der Waals surface area contributed by atoms with Crippen LogP contribution in [0.2, 0.25) is 0 Å². The molecule has 2 N–H and O–H groups in total. The fourth-order valence-electron chi connectivity index (χ4n) is 2.42. The Morgan fingerprint density at radius 1 is 1.09 bits per heavy atom. The smallest absolute Gasteiger partial charge is 0.315 e. The molecule has 3 rings (SSSR count). The highest BCUT2D eigenvalue weighted by molar-refractivity contribution is 7.17. The van der Waals surface area contributed by atoms with Crippen molar-refractivity contribution in [2.45, 2.75) is 13.0 Å². The molecule has 0 unspecified atom stereocenters. The van der Waals surface area contributed by atoms with Crippen molar-refractivity contribution >= 4 is 27.5 Å². The monoisotopic (exact) mass is 328 g/mol. The van der Waals surface area contributed by atoms with Crippen LogP contribution in [0.4, 0.5) is 9.18 Å². The van der Waals surface area contributed by atoms with Crippen LogP contribution in [-0.4, -0.2) is 12.6 Å². The van der Waals surface area contributed by atoms with Crippen molar-refractivity contribution in [2.75, 3.05) is 6.54 Å². The summed E-state index contributed by atoms with van der Waals surface area (Å²) in [6.07, 6.45) is 0.604. The maximum Gasteiger partial charge on any atom is 0.315 e. The molecule has 3 nitrogen and oxygen atoms in total. The lowest BCUT2D eigenvalue weighted by atomic mass is 10.1. The van der Waals surface area contributed by atoms with E-state index in [1.165, 1.54) is 22.2 Å². The molecule has 2 amide bonds. The van der Waals surface area contributed by atoms with Crippen LogP contribution in [0.3, 0.4) is 0 Å². The fraction of sp³-hybridized carbons (Fsp3) is 0.167. The Hall–Kier alpha value is -2.40. The van der Waals surface area contributed by atoms with Gasteiger partial charge in [-0.05, 0) is 46.5 Å². The molecule has 0 spiro atoms. The summed E-state index contributed by atoms with van der Waals surface area (Å²) in [4.78, 5) is 11.8. The van der Waals surface area contributed by atoms with Gasteiger partial charge in [-0.3, -0.25) is 0 Å². The van der Waals surface area contributed by atoms with E-state index < -0.39 is 0 Å². The Morgan fingerprint density at radius 2 is 1.96 bits per heavy atom. The first-order valence-electron chi connectivity index (χ1n) is 7.43. The molecule has 2 aromatic carbocycles. The number of carbonyl (C=O) groups excluding carboxylic acids is 1. The van der Waals surface area contributed by atoms with Crippen molar-refractivity contribution in [1.82, 2.24) is 10.6 Å². The third-order valence-electron chi connectivity index (χ3n) is 3.59. The van der Waals surface area contributed by atoms with Gasteiger partial charge in [0.15, 0.2) is 0 Å². The Balaban J connectivity index is 1.46. The van der Waals surface area contributed by atoms with Crippen LogP contribution in [0, 0.1) is 5.82 Å². The van der Waals surface area contributed by atoms with E-state index in [1.807, 2.05) is 18.2 Å². The van der Waals surface area contributed by atoms with E-state index in [4.69, 9.17) is 0 Å². The van der Waals surface area contributed by atoms with E-state index in [-0.39, 0.29) is 11.8 Å². The third kappa shape index (κ3) is 4.07. The maximum atomic E-state index is 13.1. The largest absolute Gasteiger partial charge is 0.338 e. The SMILES string of the molecule is O=C(NCCc1cccc(F)c1)NCc1csc2ccccc12. The second-order valence-electron chi connectivity index (χ2n) is 5.25. The molecule has 1 aromatic heterocycles. The Bertz CT molecular complexity index is 815. The summed E-state index contributed by atoms with van der Waals surface area (Å²) in [7, 11) is 0. The topological polar surface area (TPSA) is 41.1 Å². The van der Waals surface area contributed by atoms with Gasteiger partial charge in [0.1, 0.15) is 5.82 Å². The van der Waals surface area contributed by atoms with Crippen molar-refractivity contribution in [3.8, 4) is 0 Å². The third-order valence-corrected chi connectivity index (χ3v) is 4.60. The number of fused-ring (bicyclic) bond motifs is 1. The minimum absolute atomic E-state index is 0.211. The average molecular weight is 328 g/mol. The number of halogens is 1. The molecule has 3 aromatic rings. The molecule has 118 valence electrons. The summed E-state index contributed by atoms with van der Waals surface area (Å²) in [5.41, 5.74) is 1.99. The molecule has 0 aliphatic carbocycles. The van der Waals surface area contributed by atoms with Crippen LogP contribution in [0.1, 0.15) is 11.1 Å². The molecule has 0 atom stereocenters. The predicted octanol–water partition coefficient (Wildman–Crippen LogP) is 4.08. The minimum Gasteiger partial charge on any atom is -0.338 e. The van der Waals surface area contributed by atoms with Crippen LogP contribution in [0.5, 0.6) is 0 Å². The molecule has 0 aliphatic heterocycles. The molecule has 5 heteroatoms. The predicted molar refractivity (Wildman–Crippen MR) is 92.2 cm³/mol. The zero-order chi connectivity index (χ0) is 16.1. The van der Waals surface area contributed by atoms with Crippen LogP contribution in [0.25, 0.3) is 10.1 Å². The summed E-state index contributed by atoms with van der Waals surface area (Å²) in [6, 6.07) is 14.3. The van der Waals surface area contributed by atoms with Crippen LogP contribution >= 0.6 is 11.3 Å². The van der Waals surface area contributed by atoms with Gasteiger partial charge in [0, 0.05) is 17.8 Å². The first-order chi connectivity index (χ1) is 11.2. The molecule has 0 saturated heterocycles. The van der Waals surface area contributed by atoms with E-state index in [9.17, 15) is 9.18 Å². The maximum absolute atomic E-state index is 13.1. The first kappa shape index (κ1) is 15.5. The van der Waals surface area contributed by atoms with Gasteiger partial charge in [-0.25, -0.2) is 9.18 Å². The average Bonchev–Trinajstić information content (AvgIpc) is 2.96. The van der Waals surface area contributed by atoms with Gasteiger partial charge in [0.05, 0.1) is 0 Å². The number of carbonyl (C=O) groups is 1. The van der Waals surface area contributed by atoms with E-state index in [2.05, 4.69) is 28.1 Å². The Morgan fingerprint density at radius 3 is 2.83 bits per heavy atom. The van der Waals surface area contributed by atoms with E-state index >= 15 is 0 Å². The second-order valence-corrected chi connectivity index (χ2v) is 6.16. The first-order valence-corrected chi connectivity index (χ1v) is 8.31. The van der Waals surface area contributed by atoms with Crippen LogP contribution < -0.4 is 10.6 Å². The summed E-state index contributed by atoms with van der Waals surface area (Å²) in [6.45, 7) is 0.968. The molecular weight excluding hydrogens is 311 g/mol. The molecule has 0 aliphatic rings. The number of rotatable bonds is 5. The molecule has 0 bridgehead atoms. The van der Waals surface area contributed by atoms with Crippen LogP contribution in [0.15, 0.2) is 53.9 Å². The molecule has 0 radical (unpaired) electrons. The standard InChI is InChI=1S/C18H17FN2OS/c19-15-5-3-4-13(10-15)8-9-20-18(22)21-11-14-12-23-17-7-2-1-6-16(14)17/h1-7,10,12H,8-9,11H2,(H2,20,21,22). The van der Waals surface area contributed by atoms with Gasteiger partial charge in [0.25, 0.3) is 0 Å². The van der Waals surface area contributed by atoms with E-state index in [0.29, 0.717) is 19.5 Å². The Kier molecular flexibility index (Phi) is 4.88. The van der Waals surface area contributed by atoms with Gasteiger partial charge in [-0.1, -0.05) is 30.3 Å². The number of thiophene rings is 1. The highest BCUT2D eigenvalue weighted by atomic mass is 32.1. The lowest BCUT2D eigenvalue weighted by Gasteiger charge is -2.07. The van der Waals surface area contributed by atoms with Gasteiger partial charge in [-0.15, -0.1) is 11.3 Å². The van der Waals surface area contributed by atoms with Gasteiger partial charge in [0.2, 0.25) is 0 Å². The molecule has 23 heavy (non-hydrogen) atoms. The van der Waals surface area contributed by atoms with Gasteiger partial charge < -0.3 is 10.6 Å². The van der Waals surface area contributed by atoms with Gasteiger partial charge >= 0.3 is 6.03 Å². The van der Waals surface area contributed by atoms with E-state index in [0.717, 1.165) is 11.1 Å². The zero-order valence-electron chi connectivity index (χ0n) is 12.5. The zero-order valence-corrected chi connectivity index (χ0v) is 13.3. The fourth-order valence-corrected chi connectivity index (χ4v) is 3.38. The number of nitrogens with one attached hydrogen (secondary N) is 2. The number of hydrogen-bond acceptors (Lipinski definition) is 2. The quantitative estimate of drug-likeness (QED) is 0.728. The highest BCUT2D eigenvalue weighted by Crippen LogP contribution is 2.25.